The Morgan fingerprint density at radius 2 is 1.81 bits per heavy atom. The molecule has 0 bridgehead atoms. The van der Waals surface area contributed by atoms with Crippen molar-refractivity contribution in [2.24, 2.45) is 0 Å². The Labute approximate surface area is 185 Å². The number of carbonyl (C=O) groups excluding carboxylic acids is 1. The lowest BCUT2D eigenvalue weighted by Gasteiger charge is -2.29. The van der Waals surface area contributed by atoms with Gasteiger partial charge in [-0.25, -0.2) is 23.1 Å². The highest BCUT2D eigenvalue weighted by Gasteiger charge is 2.26. The third-order valence-electron chi connectivity index (χ3n) is 5.32. The third-order valence-corrected chi connectivity index (χ3v) is 5.32. The van der Waals surface area contributed by atoms with Crippen LogP contribution < -0.4 is 0 Å². The Kier molecular flexibility index (Phi) is 7.22. The molecule has 0 radical (unpaired) electrons. The normalized spacial score (nSPS) is 12.4. The van der Waals surface area contributed by atoms with Crippen LogP contribution in [0.1, 0.15) is 48.8 Å². The molecular weight excluding hydrogens is 417 g/mol. The average Bonchev–Trinajstić information content (AvgIpc) is 2.78. The van der Waals surface area contributed by atoms with Gasteiger partial charge in [-0.2, -0.15) is 0 Å². The van der Waals surface area contributed by atoms with Crippen molar-refractivity contribution in [3.63, 3.8) is 0 Å². The highest BCUT2D eigenvalue weighted by Crippen LogP contribution is 2.27. The third kappa shape index (κ3) is 5.30. The number of benzene rings is 1. The second kappa shape index (κ2) is 9.89. The zero-order chi connectivity index (χ0) is 23.3. The van der Waals surface area contributed by atoms with Gasteiger partial charge in [0.05, 0.1) is 11.1 Å². The molecule has 3 aromatic rings. The van der Waals surface area contributed by atoms with Crippen molar-refractivity contribution in [1.29, 1.82) is 0 Å². The fourth-order valence-electron chi connectivity index (χ4n) is 3.51. The second-order valence-electron chi connectivity index (χ2n) is 7.64. The van der Waals surface area contributed by atoms with Crippen LogP contribution in [0.2, 0.25) is 0 Å². The van der Waals surface area contributed by atoms with Crippen molar-refractivity contribution in [1.82, 2.24) is 19.9 Å². The number of aryl methyl sites for hydroxylation is 1. The number of pyridine rings is 1. The van der Waals surface area contributed by atoms with Crippen molar-refractivity contribution in [3.05, 3.63) is 77.6 Å². The summed E-state index contributed by atoms with van der Waals surface area (Å²) in [6.07, 6.45) is 5.26. The molecule has 2 heterocycles. The van der Waals surface area contributed by atoms with Gasteiger partial charge in [0.1, 0.15) is 5.82 Å². The molecular formula is C24H25F3N4O. The van der Waals surface area contributed by atoms with Crippen LogP contribution in [0.5, 0.6) is 0 Å². The van der Waals surface area contributed by atoms with E-state index in [4.69, 9.17) is 0 Å². The fraction of sp³-hybridized carbons (Fsp3) is 0.333. The minimum atomic E-state index is -2.94. The number of aromatic nitrogens is 3. The van der Waals surface area contributed by atoms with E-state index in [-0.39, 0.29) is 34.5 Å². The maximum Gasteiger partial charge on any atom is 0.272 e. The summed E-state index contributed by atoms with van der Waals surface area (Å²) in [5.41, 5.74) is 0.790. The maximum absolute atomic E-state index is 14.6. The molecule has 0 saturated carbocycles. The van der Waals surface area contributed by atoms with E-state index in [0.717, 1.165) is 6.92 Å². The van der Waals surface area contributed by atoms with Crippen LogP contribution in [0, 0.1) is 5.82 Å². The first-order valence-corrected chi connectivity index (χ1v) is 10.4. The molecule has 0 aliphatic carbocycles. The van der Waals surface area contributed by atoms with E-state index in [1.54, 1.807) is 23.1 Å². The zero-order valence-corrected chi connectivity index (χ0v) is 18.2. The van der Waals surface area contributed by atoms with Gasteiger partial charge in [0, 0.05) is 49.4 Å². The number of amides is 1. The van der Waals surface area contributed by atoms with Gasteiger partial charge in [-0.1, -0.05) is 6.07 Å². The van der Waals surface area contributed by atoms with Crippen LogP contribution >= 0.6 is 0 Å². The topological polar surface area (TPSA) is 59.0 Å². The number of carbonyl (C=O) groups is 1. The highest BCUT2D eigenvalue weighted by molar-refractivity contribution is 6.00. The van der Waals surface area contributed by atoms with Crippen LogP contribution in [0.15, 0.2) is 55.0 Å². The summed E-state index contributed by atoms with van der Waals surface area (Å²) in [6, 6.07) is 8.71. The summed E-state index contributed by atoms with van der Waals surface area (Å²) < 4.78 is 41.4. The minimum absolute atomic E-state index is 0.0708. The highest BCUT2D eigenvalue weighted by atomic mass is 19.3. The molecule has 3 rings (SSSR count). The molecule has 1 aromatic carbocycles. The molecule has 168 valence electrons. The largest absolute Gasteiger partial charge is 0.336 e. The van der Waals surface area contributed by atoms with E-state index in [0.29, 0.717) is 25.1 Å². The molecule has 8 heteroatoms. The number of hydrogen-bond donors (Lipinski definition) is 0. The predicted octanol–water partition coefficient (Wildman–Crippen LogP) is 5.27. The Hall–Kier alpha value is -3.29. The van der Waals surface area contributed by atoms with Crippen molar-refractivity contribution in [2.75, 3.05) is 6.54 Å². The molecule has 1 atom stereocenters. The van der Waals surface area contributed by atoms with Crippen LogP contribution in [-0.4, -0.2) is 38.3 Å². The lowest BCUT2D eigenvalue weighted by atomic mass is 10.0. The summed E-state index contributed by atoms with van der Waals surface area (Å²) in [7, 11) is 0. The number of hydrogen-bond acceptors (Lipinski definition) is 4. The number of rotatable bonds is 8. The monoisotopic (exact) mass is 442 g/mol. The van der Waals surface area contributed by atoms with E-state index in [2.05, 4.69) is 15.0 Å². The van der Waals surface area contributed by atoms with Crippen LogP contribution in [0.4, 0.5) is 13.2 Å². The molecule has 0 aliphatic rings. The number of alkyl halides is 2. The molecule has 0 spiro atoms. The Balaban J connectivity index is 1.77. The summed E-state index contributed by atoms with van der Waals surface area (Å²) >= 11 is 0. The molecule has 0 saturated heterocycles. The molecule has 0 N–H and O–H groups in total. The van der Waals surface area contributed by atoms with E-state index < -0.39 is 11.7 Å². The van der Waals surface area contributed by atoms with Crippen LogP contribution in [-0.2, 0) is 12.3 Å². The molecule has 32 heavy (non-hydrogen) atoms. The Morgan fingerprint density at radius 3 is 2.41 bits per heavy atom. The summed E-state index contributed by atoms with van der Waals surface area (Å²) in [5.74, 6) is -3.68. The van der Waals surface area contributed by atoms with Gasteiger partial charge < -0.3 is 4.90 Å². The smallest absolute Gasteiger partial charge is 0.272 e. The zero-order valence-electron chi connectivity index (χ0n) is 18.2. The first kappa shape index (κ1) is 23.4. The van der Waals surface area contributed by atoms with Gasteiger partial charge in [-0.15, -0.1) is 0 Å². The van der Waals surface area contributed by atoms with Gasteiger partial charge >= 0.3 is 0 Å². The van der Waals surface area contributed by atoms with E-state index in [1.807, 2.05) is 13.8 Å². The summed E-state index contributed by atoms with van der Waals surface area (Å²) in [6.45, 7) is 4.99. The summed E-state index contributed by atoms with van der Waals surface area (Å²) in [5, 5.41) is 0. The standard InChI is InChI=1S/C24H25F3N4O/c1-4-31(16(2)9-11-18-12-10-17(15-30-18)24(3,26)27)23(32)19-7-5-8-20(25)21(19)22-28-13-6-14-29-22/h5-8,10,12-16H,4,9,11H2,1-3H3/t16-/m0/s1. The summed E-state index contributed by atoms with van der Waals surface area (Å²) in [4.78, 5) is 27.3. The first-order chi connectivity index (χ1) is 15.2. The van der Waals surface area contributed by atoms with Gasteiger partial charge in [0.15, 0.2) is 5.82 Å². The molecule has 0 fully saturated rings. The van der Waals surface area contributed by atoms with E-state index >= 15 is 0 Å². The molecule has 0 unspecified atom stereocenters. The molecule has 2 aromatic heterocycles. The fourth-order valence-corrected chi connectivity index (χ4v) is 3.51. The lowest BCUT2D eigenvalue weighted by molar-refractivity contribution is 0.0171. The quantitative estimate of drug-likeness (QED) is 0.477. The Morgan fingerprint density at radius 1 is 1.09 bits per heavy atom. The van der Waals surface area contributed by atoms with E-state index in [1.165, 1.54) is 36.8 Å². The average molecular weight is 442 g/mol. The second-order valence-corrected chi connectivity index (χ2v) is 7.64. The van der Waals surface area contributed by atoms with Gasteiger partial charge in [0.2, 0.25) is 0 Å². The first-order valence-electron chi connectivity index (χ1n) is 10.4. The van der Waals surface area contributed by atoms with Crippen molar-refractivity contribution >= 4 is 5.91 Å². The van der Waals surface area contributed by atoms with Crippen molar-refractivity contribution in [2.45, 2.75) is 45.6 Å². The van der Waals surface area contributed by atoms with Gasteiger partial charge in [0.25, 0.3) is 11.8 Å². The molecule has 0 aliphatic heterocycles. The lowest BCUT2D eigenvalue weighted by Crippen LogP contribution is -2.39. The van der Waals surface area contributed by atoms with Crippen LogP contribution in [0.25, 0.3) is 11.4 Å². The van der Waals surface area contributed by atoms with Gasteiger partial charge in [-0.05, 0) is 57.0 Å². The molecule has 1 amide bonds. The van der Waals surface area contributed by atoms with Crippen molar-refractivity contribution < 1.29 is 18.0 Å². The number of halogens is 3. The predicted molar refractivity (Wildman–Crippen MR) is 116 cm³/mol. The van der Waals surface area contributed by atoms with Crippen LogP contribution in [0.3, 0.4) is 0 Å². The van der Waals surface area contributed by atoms with Gasteiger partial charge in [-0.3, -0.25) is 9.78 Å². The minimum Gasteiger partial charge on any atom is -0.336 e. The van der Waals surface area contributed by atoms with E-state index in [9.17, 15) is 18.0 Å². The Bertz CT molecular complexity index is 1050. The van der Waals surface area contributed by atoms with Crippen molar-refractivity contribution in [3.8, 4) is 11.4 Å². The SMILES string of the molecule is CCN(C(=O)c1cccc(F)c1-c1ncccn1)[C@@H](C)CCc1ccc(C(C)(F)F)cn1. The number of nitrogens with zero attached hydrogens (tertiary/aromatic N) is 4. The maximum atomic E-state index is 14.6. The molecule has 5 nitrogen and oxygen atoms in total.